The van der Waals surface area contributed by atoms with Crippen LogP contribution in [0.5, 0.6) is 0 Å². The van der Waals surface area contributed by atoms with E-state index in [0.717, 1.165) is 6.42 Å². The van der Waals surface area contributed by atoms with Gasteiger partial charge >= 0.3 is 0 Å². The van der Waals surface area contributed by atoms with Gasteiger partial charge in [0.05, 0.1) is 6.10 Å². The van der Waals surface area contributed by atoms with Crippen molar-refractivity contribution >= 4 is 0 Å². The lowest BCUT2D eigenvalue weighted by molar-refractivity contribution is -0.0625. The van der Waals surface area contributed by atoms with Crippen LogP contribution in [0.15, 0.2) is 24.3 Å². The molecule has 0 aromatic heterocycles. The third kappa shape index (κ3) is 1.36. The van der Waals surface area contributed by atoms with Crippen molar-refractivity contribution in [3.8, 4) is 0 Å². The van der Waals surface area contributed by atoms with E-state index >= 15 is 0 Å². The molecule has 1 nitrogen and oxygen atoms in total. The predicted octanol–water partition coefficient (Wildman–Crippen LogP) is 2.87. The second-order valence-electron chi connectivity index (χ2n) is 5.04. The summed E-state index contributed by atoms with van der Waals surface area (Å²) in [5, 5.41) is 9.68. The van der Waals surface area contributed by atoms with Crippen LogP contribution in [0.1, 0.15) is 37.3 Å². The standard InChI is InChI=1S/C13H18O/c1-9-5-4-6-10(7-9)11-8-12(14)13(11,2)3/h4-7,11-12,14H,8H2,1-3H3. The molecule has 0 saturated heterocycles. The van der Waals surface area contributed by atoms with E-state index in [1.165, 1.54) is 11.1 Å². The number of benzene rings is 1. The van der Waals surface area contributed by atoms with Gasteiger partial charge in [0.25, 0.3) is 0 Å². The molecule has 2 unspecified atom stereocenters. The lowest BCUT2D eigenvalue weighted by Gasteiger charge is -2.49. The van der Waals surface area contributed by atoms with Gasteiger partial charge in [0.15, 0.2) is 0 Å². The van der Waals surface area contributed by atoms with E-state index in [1.54, 1.807) is 0 Å². The zero-order valence-electron chi connectivity index (χ0n) is 9.12. The quantitative estimate of drug-likeness (QED) is 0.722. The number of rotatable bonds is 1. The highest BCUT2D eigenvalue weighted by molar-refractivity contribution is 5.30. The molecule has 1 aliphatic carbocycles. The van der Waals surface area contributed by atoms with Crippen LogP contribution in [0.2, 0.25) is 0 Å². The monoisotopic (exact) mass is 190 g/mol. The second kappa shape index (κ2) is 3.09. The van der Waals surface area contributed by atoms with E-state index in [4.69, 9.17) is 0 Å². The topological polar surface area (TPSA) is 20.2 Å². The van der Waals surface area contributed by atoms with Crippen LogP contribution in [0, 0.1) is 12.3 Å². The number of aliphatic hydroxyl groups excluding tert-OH is 1. The molecule has 0 amide bonds. The van der Waals surface area contributed by atoms with Crippen molar-refractivity contribution in [1.29, 1.82) is 0 Å². The summed E-state index contributed by atoms with van der Waals surface area (Å²) < 4.78 is 0. The van der Waals surface area contributed by atoms with E-state index in [0.29, 0.717) is 5.92 Å². The Kier molecular flexibility index (Phi) is 2.15. The van der Waals surface area contributed by atoms with Gasteiger partial charge in [-0.3, -0.25) is 0 Å². The van der Waals surface area contributed by atoms with Crippen molar-refractivity contribution in [3.05, 3.63) is 35.4 Å². The molecule has 0 spiro atoms. The Hall–Kier alpha value is -0.820. The van der Waals surface area contributed by atoms with E-state index in [-0.39, 0.29) is 11.5 Å². The maximum absolute atomic E-state index is 9.68. The molecule has 0 aliphatic heterocycles. The molecule has 76 valence electrons. The fourth-order valence-corrected chi connectivity index (χ4v) is 2.35. The van der Waals surface area contributed by atoms with Gasteiger partial charge in [0, 0.05) is 0 Å². The van der Waals surface area contributed by atoms with Gasteiger partial charge < -0.3 is 5.11 Å². The van der Waals surface area contributed by atoms with Gasteiger partial charge in [-0.05, 0) is 30.2 Å². The van der Waals surface area contributed by atoms with E-state index in [9.17, 15) is 5.11 Å². The fourth-order valence-electron chi connectivity index (χ4n) is 2.35. The molecule has 0 heterocycles. The normalized spacial score (nSPS) is 29.7. The van der Waals surface area contributed by atoms with Crippen LogP contribution < -0.4 is 0 Å². The molecule has 2 rings (SSSR count). The molecule has 2 atom stereocenters. The first-order valence-corrected chi connectivity index (χ1v) is 5.26. The summed E-state index contributed by atoms with van der Waals surface area (Å²) in [5.41, 5.74) is 2.73. The molecule has 1 fully saturated rings. The maximum Gasteiger partial charge on any atom is 0.0603 e. The Bertz CT molecular complexity index is 341. The largest absolute Gasteiger partial charge is 0.393 e. The van der Waals surface area contributed by atoms with Gasteiger partial charge in [-0.15, -0.1) is 0 Å². The van der Waals surface area contributed by atoms with E-state index < -0.39 is 0 Å². The Morgan fingerprint density at radius 1 is 1.36 bits per heavy atom. The predicted molar refractivity (Wildman–Crippen MR) is 58.3 cm³/mol. The highest BCUT2D eigenvalue weighted by Crippen LogP contribution is 2.52. The third-order valence-corrected chi connectivity index (χ3v) is 3.66. The minimum absolute atomic E-state index is 0.0494. The van der Waals surface area contributed by atoms with Crippen LogP contribution in [0.3, 0.4) is 0 Å². The summed E-state index contributed by atoms with van der Waals surface area (Å²) in [7, 11) is 0. The van der Waals surface area contributed by atoms with Crippen molar-refractivity contribution in [2.45, 2.75) is 39.2 Å². The maximum atomic E-state index is 9.68. The highest BCUT2D eigenvalue weighted by atomic mass is 16.3. The van der Waals surface area contributed by atoms with Crippen molar-refractivity contribution in [2.75, 3.05) is 0 Å². The molecule has 1 aromatic carbocycles. The summed E-state index contributed by atoms with van der Waals surface area (Å²) >= 11 is 0. The smallest absolute Gasteiger partial charge is 0.0603 e. The first kappa shape index (κ1) is 9.72. The van der Waals surface area contributed by atoms with Crippen molar-refractivity contribution in [2.24, 2.45) is 5.41 Å². The molecule has 0 radical (unpaired) electrons. The van der Waals surface area contributed by atoms with Crippen LogP contribution in [0.4, 0.5) is 0 Å². The van der Waals surface area contributed by atoms with Gasteiger partial charge in [-0.1, -0.05) is 43.7 Å². The van der Waals surface area contributed by atoms with E-state index in [2.05, 4.69) is 45.0 Å². The molecule has 1 aromatic rings. The van der Waals surface area contributed by atoms with Crippen LogP contribution >= 0.6 is 0 Å². The molecule has 1 N–H and O–H groups in total. The highest BCUT2D eigenvalue weighted by Gasteiger charge is 2.47. The number of aliphatic hydroxyl groups is 1. The van der Waals surface area contributed by atoms with Gasteiger partial charge in [-0.2, -0.15) is 0 Å². The third-order valence-electron chi connectivity index (χ3n) is 3.66. The molecular formula is C13H18O. The van der Waals surface area contributed by atoms with Gasteiger partial charge in [0.2, 0.25) is 0 Å². The fraction of sp³-hybridized carbons (Fsp3) is 0.538. The van der Waals surface area contributed by atoms with Crippen molar-refractivity contribution in [3.63, 3.8) is 0 Å². The summed E-state index contributed by atoms with van der Waals surface area (Å²) in [5.74, 6) is 0.525. The first-order chi connectivity index (χ1) is 6.51. The van der Waals surface area contributed by atoms with Crippen molar-refractivity contribution in [1.82, 2.24) is 0 Å². The lowest BCUT2D eigenvalue weighted by atomic mass is 9.58. The Balaban J connectivity index is 2.26. The molecular weight excluding hydrogens is 172 g/mol. The summed E-state index contributed by atoms with van der Waals surface area (Å²) in [6.45, 7) is 6.41. The van der Waals surface area contributed by atoms with Crippen LogP contribution in [0.25, 0.3) is 0 Å². The molecule has 14 heavy (non-hydrogen) atoms. The van der Waals surface area contributed by atoms with E-state index in [1.807, 2.05) is 0 Å². The number of aryl methyl sites for hydroxylation is 1. The van der Waals surface area contributed by atoms with Crippen LogP contribution in [-0.2, 0) is 0 Å². The Morgan fingerprint density at radius 2 is 2.07 bits per heavy atom. The summed E-state index contributed by atoms with van der Waals surface area (Å²) in [6.07, 6.45) is 0.782. The molecule has 1 heteroatoms. The zero-order chi connectivity index (χ0) is 10.3. The number of hydrogen-bond donors (Lipinski definition) is 1. The summed E-state index contributed by atoms with van der Waals surface area (Å²) in [6, 6.07) is 8.63. The average molecular weight is 190 g/mol. The zero-order valence-corrected chi connectivity index (χ0v) is 9.12. The minimum atomic E-state index is -0.131. The van der Waals surface area contributed by atoms with Crippen LogP contribution in [-0.4, -0.2) is 11.2 Å². The Morgan fingerprint density at radius 3 is 2.57 bits per heavy atom. The lowest BCUT2D eigenvalue weighted by Crippen LogP contribution is -2.47. The molecule has 1 saturated carbocycles. The SMILES string of the molecule is Cc1cccc(C2CC(O)C2(C)C)c1. The second-order valence-corrected chi connectivity index (χ2v) is 5.04. The molecule has 1 aliphatic rings. The number of hydrogen-bond acceptors (Lipinski definition) is 1. The minimum Gasteiger partial charge on any atom is -0.393 e. The van der Waals surface area contributed by atoms with Gasteiger partial charge in [0.1, 0.15) is 0 Å². The molecule has 0 bridgehead atoms. The average Bonchev–Trinajstić information content (AvgIpc) is 2.14. The summed E-state index contributed by atoms with van der Waals surface area (Å²) in [4.78, 5) is 0. The first-order valence-electron chi connectivity index (χ1n) is 5.26. The van der Waals surface area contributed by atoms with Gasteiger partial charge in [-0.25, -0.2) is 0 Å². The van der Waals surface area contributed by atoms with Crippen molar-refractivity contribution < 1.29 is 5.11 Å². The Labute approximate surface area is 85.8 Å².